The number of rotatable bonds is 8. The molecule has 0 aromatic heterocycles. The molecule has 22 heavy (non-hydrogen) atoms. The third-order valence-electron chi connectivity index (χ3n) is 3.52. The van der Waals surface area contributed by atoms with Crippen LogP contribution in [0.15, 0.2) is 48.5 Å². The number of aliphatic hydroxyl groups is 1. The number of benzene rings is 2. The van der Waals surface area contributed by atoms with Gasteiger partial charge in [-0.05, 0) is 30.2 Å². The van der Waals surface area contributed by atoms with Crippen LogP contribution in [-0.4, -0.2) is 18.3 Å². The Morgan fingerprint density at radius 2 is 2.00 bits per heavy atom. The van der Waals surface area contributed by atoms with Gasteiger partial charge in [-0.2, -0.15) is 0 Å². The second-order valence-corrected chi connectivity index (χ2v) is 5.51. The summed E-state index contributed by atoms with van der Waals surface area (Å²) in [6.45, 7) is 3.17. The normalized spacial score (nSPS) is 12.1. The molecule has 0 aliphatic heterocycles. The molecule has 0 amide bonds. The van der Waals surface area contributed by atoms with Gasteiger partial charge >= 0.3 is 0 Å². The van der Waals surface area contributed by atoms with Crippen LogP contribution in [0.4, 0.5) is 0 Å². The lowest BCUT2D eigenvalue weighted by Gasteiger charge is -2.19. The monoisotopic (exact) mass is 319 g/mol. The molecule has 118 valence electrons. The zero-order chi connectivity index (χ0) is 15.8. The minimum Gasteiger partial charge on any atom is -0.491 e. The van der Waals surface area contributed by atoms with E-state index in [0.29, 0.717) is 13.2 Å². The number of nitrogens with one attached hydrogen (secondary N) is 1. The summed E-state index contributed by atoms with van der Waals surface area (Å²) in [6.07, 6.45) is 0.972. The summed E-state index contributed by atoms with van der Waals surface area (Å²) in [4.78, 5) is 0. The maximum atomic E-state index is 8.90. The van der Waals surface area contributed by atoms with E-state index in [1.165, 1.54) is 5.56 Å². The first-order valence-corrected chi connectivity index (χ1v) is 7.92. The number of hydrogen-bond acceptors (Lipinski definition) is 3. The molecule has 0 aliphatic carbocycles. The standard InChI is InChI=1S/C18H22ClNO2/c1-2-17(14-7-5-8-16(19)12-14)20-13-15-6-3-4-9-18(15)22-11-10-21/h3-9,12,17,20-21H,2,10-11,13H2,1H3. The summed E-state index contributed by atoms with van der Waals surface area (Å²) in [5, 5.41) is 13.2. The van der Waals surface area contributed by atoms with Crippen molar-refractivity contribution in [1.82, 2.24) is 5.32 Å². The van der Waals surface area contributed by atoms with Gasteiger partial charge in [-0.3, -0.25) is 0 Å². The SMILES string of the molecule is CCC(NCc1ccccc1OCCO)c1cccc(Cl)c1. The maximum Gasteiger partial charge on any atom is 0.123 e. The Hall–Kier alpha value is -1.55. The van der Waals surface area contributed by atoms with Gasteiger partial charge in [-0.1, -0.05) is 48.9 Å². The smallest absolute Gasteiger partial charge is 0.123 e. The molecule has 0 saturated carbocycles. The van der Waals surface area contributed by atoms with E-state index in [2.05, 4.69) is 18.3 Å². The van der Waals surface area contributed by atoms with Crippen LogP contribution in [-0.2, 0) is 6.54 Å². The molecule has 0 fully saturated rings. The largest absolute Gasteiger partial charge is 0.491 e. The Labute approximate surface area is 136 Å². The van der Waals surface area contributed by atoms with E-state index in [4.69, 9.17) is 21.4 Å². The predicted molar refractivity (Wildman–Crippen MR) is 90.3 cm³/mol. The van der Waals surface area contributed by atoms with E-state index in [1.54, 1.807) is 0 Å². The third kappa shape index (κ3) is 4.73. The van der Waals surface area contributed by atoms with Gasteiger partial charge in [0.2, 0.25) is 0 Å². The highest BCUT2D eigenvalue weighted by atomic mass is 35.5. The number of hydrogen-bond donors (Lipinski definition) is 2. The molecule has 0 saturated heterocycles. The summed E-state index contributed by atoms with van der Waals surface area (Å²) in [5.74, 6) is 0.810. The van der Waals surface area contributed by atoms with Crippen molar-refractivity contribution in [2.24, 2.45) is 0 Å². The minimum absolute atomic E-state index is 0.0157. The van der Waals surface area contributed by atoms with E-state index in [9.17, 15) is 0 Å². The molecule has 2 N–H and O–H groups in total. The second-order valence-electron chi connectivity index (χ2n) is 5.08. The summed E-state index contributed by atoms with van der Waals surface area (Å²) in [6, 6.07) is 16.1. The quantitative estimate of drug-likeness (QED) is 0.774. The van der Waals surface area contributed by atoms with Crippen LogP contribution in [0.2, 0.25) is 5.02 Å². The fourth-order valence-electron chi connectivity index (χ4n) is 2.40. The van der Waals surface area contributed by atoms with Crippen LogP contribution in [0.5, 0.6) is 5.75 Å². The average Bonchev–Trinajstić information content (AvgIpc) is 2.54. The van der Waals surface area contributed by atoms with E-state index in [0.717, 1.165) is 22.8 Å². The van der Waals surface area contributed by atoms with Crippen LogP contribution < -0.4 is 10.1 Å². The van der Waals surface area contributed by atoms with Crippen LogP contribution in [0.1, 0.15) is 30.5 Å². The predicted octanol–water partition coefficient (Wildman–Crippen LogP) is 3.95. The lowest BCUT2D eigenvalue weighted by atomic mass is 10.0. The average molecular weight is 320 g/mol. The molecule has 0 heterocycles. The topological polar surface area (TPSA) is 41.5 Å². The zero-order valence-electron chi connectivity index (χ0n) is 12.8. The van der Waals surface area contributed by atoms with E-state index in [1.807, 2.05) is 42.5 Å². The summed E-state index contributed by atoms with van der Waals surface area (Å²) in [5.41, 5.74) is 2.26. The van der Waals surface area contributed by atoms with Crippen LogP contribution in [0.25, 0.3) is 0 Å². The highest BCUT2D eigenvalue weighted by Gasteiger charge is 2.10. The molecule has 0 spiro atoms. The van der Waals surface area contributed by atoms with Crippen molar-refractivity contribution in [2.75, 3.05) is 13.2 Å². The molecule has 2 aromatic rings. The zero-order valence-corrected chi connectivity index (χ0v) is 13.5. The lowest BCUT2D eigenvalue weighted by Crippen LogP contribution is -2.20. The van der Waals surface area contributed by atoms with Gasteiger partial charge in [0.25, 0.3) is 0 Å². The first-order chi connectivity index (χ1) is 10.7. The maximum absolute atomic E-state index is 8.90. The van der Waals surface area contributed by atoms with Crippen molar-refractivity contribution >= 4 is 11.6 Å². The first kappa shape index (κ1) is 16.8. The molecule has 0 radical (unpaired) electrons. The van der Waals surface area contributed by atoms with Gasteiger partial charge in [0, 0.05) is 23.2 Å². The molecule has 0 bridgehead atoms. The van der Waals surface area contributed by atoms with Crippen molar-refractivity contribution in [3.63, 3.8) is 0 Å². The van der Waals surface area contributed by atoms with Crippen LogP contribution in [0, 0.1) is 0 Å². The van der Waals surface area contributed by atoms with Gasteiger partial charge in [0.1, 0.15) is 12.4 Å². The van der Waals surface area contributed by atoms with Crippen LogP contribution in [0.3, 0.4) is 0 Å². The van der Waals surface area contributed by atoms with Crippen LogP contribution >= 0.6 is 11.6 Å². The van der Waals surface area contributed by atoms with Crippen molar-refractivity contribution in [3.8, 4) is 5.75 Å². The van der Waals surface area contributed by atoms with E-state index >= 15 is 0 Å². The molecule has 2 rings (SSSR count). The van der Waals surface area contributed by atoms with Gasteiger partial charge in [-0.15, -0.1) is 0 Å². The Bertz CT molecular complexity index is 589. The lowest BCUT2D eigenvalue weighted by molar-refractivity contribution is 0.200. The minimum atomic E-state index is 0.0157. The highest BCUT2D eigenvalue weighted by Crippen LogP contribution is 2.23. The summed E-state index contributed by atoms with van der Waals surface area (Å²) >= 11 is 6.07. The van der Waals surface area contributed by atoms with Gasteiger partial charge in [0.15, 0.2) is 0 Å². The number of aliphatic hydroxyl groups excluding tert-OH is 1. The molecular formula is C18H22ClNO2. The summed E-state index contributed by atoms with van der Waals surface area (Å²) in [7, 11) is 0. The molecular weight excluding hydrogens is 298 g/mol. The second kappa shape index (κ2) is 8.79. The third-order valence-corrected chi connectivity index (χ3v) is 3.75. The number of para-hydroxylation sites is 1. The van der Waals surface area contributed by atoms with Crippen molar-refractivity contribution < 1.29 is 9.84 Å². The Kier molecular flexibility index (Phi) is 6.72. The molecule has 4 heteroatoms. The van der Waals surface area contributed by atoms with Crippen molar-refractivity contribution in [3.05, 3.63) is 64.7 Å². The van der Waals surface area contributed by atoms with Gasteiger partial charge in [0.05, 0.1) is 6.61 Å². The first-order valence-electron chi connectivity index (χ1n) is 7.55. The molecule has 3 nitrogen and oxygen atoms in total. The highest BCUT2D eigenvalue weighted by molar-refractivity contribution is 6.30. The Morgan fingerprint density at radius 3 is 2.73 bits per heavy atom. The Balaban J connectivity index is 2.04. The molecule has 1 unspecified atom stereocenters. The van der Waals surface area contributed by atoms with Gasteiger partial charge in [-0.25, -0.2) is 0 Å². The number of halogens is 1. The van der Waals surface area contributed by atoms with E-state index < -0.39 is 0 Å². The van der Waals surface area contributed by atoms with Crippen molar-refractivity contribution in [1.29, 1.82) is 0 Å². The fraction of sp³-hybridized carbons (Fsp3) is 0.333. The Morgan fingerprint density at radius 1 is 1.18 bits per heavy atom. The molecule has 2 aromatic carbocycles. The van der Waals surface area contributed by atoms with Crippen molar-refractivity contribution in [2.45, 2.75) is 25.9 Å². The summed E-state index contributed by atoms with van der Waals surface area (Å²) < 4.78 is 5.57. The van der Waals surface area contributed by atoms with Gasteiger partial charge < -0.3 is 15.2 Å². The fourth-order valence-corrected chi connectivity index (χ4v) is 2.60. The molecule has 1 atom stereocenters. The molecule has 0 aliphatic rings. The van der Waals surface area contributed by atoms with E-state index in [-0.39, 0.29) is 12.6 Å². The number of ether oxygens (including phenoxy) is 1.